The predicted octanol–water partition coefficient (Wildman–Crippen LogP) is 4.20. The quantitative estimate of drug-likeness (QED) is 0.374. The molecule has 2 rings (SSSR count). The van der Waals surface area contributed by atoms with E-state index in [-0.39, 0.29) is 12.5 Å². The number of furan rings is 1. The number of amides is 1. The molecule has 138 valence electrons. The molecule has 0 unspecified atom stereocenters. The average Bonchev–Trinajstić information content (AvgIpc) is 2.95. The van der Waals surface area contributed by atoms with E-state index in [0.29, 0.717) is 22.8 Å². The molecule has 0 spiro atoms. The Balaban J connectivity index is 1.91. The van der Waals surface area contributed by atoms with E-state index >= 15 is 0 Å². The molecular weight excluding hydrogens is 472 g/mol. The van der Waals surface area contributed by atoms with E-state index in [9.17, 15) is 9.59 Å². The highest BCUT2D eigenvalue weighted by molar-refractivity contribution is 9.11. The van der Waals surface area contributed by atoms with Crippen LogP contribution in [0.2, 0.25) is 0 Å². The van der Waals surface area contributed by atoms with Crippen molar-refractivity contribution in [2.24, 2.45) is 5.16 Å². The van der Waals surface area contributed by atoms with Crippen LogP contribution >= 0.6 is 31.9 Å². The van der Waals surface area contributed by atoms with Crippen LogP contribution < -0.4 is 5.32 Å². The van der Waals surface area contributed by atoms with Gasteiger partial charge in [0.15, 0.2) is 6.61 Å². The second kappa shape index (κ2) is 9.00. The highest BCUT2D eigenvalue weighted by Crippen LogP contribution is 2.32. The molecule has 26 heavy (non-hydrogen) atoms. The number of rotatable bonds is 6. The standard InChI is InChI=1S/C17H16Br2N2O5/c1-9-4-13(18)16(14(19)5-9)21-15(22)8-25-20-7-11-6-12(10(2)26-11)17(23)24-3/h4-7H,8H2,1-3H3,(H,21,22). The maximum Gasteiger partial charge on any atom is 0.341 e. The van der Waals surface area contributed by atoms with Gasteiger partial charge in [0.1, 0.15) is 23.3 Å². The molecule has 7 nitrogen and oxygen atoms in total. The first-order chi connectivity index (χ1) is 12.3. The number of carbonyl (C=O) groups is 2. The van der Waals surface area contributed by atoms with Crippen molar-refractivity contribution in [3.63, 3.8) is 0 Å². The molecule has 0 saturated carbocycles. The van der Waals surface area contributed by atoms with Crippen molar-refractivity contribution in [2.75, 3.05) is 19.0 Å². The molecule has 1 aromatic carbocycles. The van der Waals surface area contributed by atoms with Crippen molar-refractivity contribution in [1.29, 1.82) is 0 Å². The minimum absolute atomic E-state index is 0.285. The Morgan fingerprint density at radius 2 is 1.88 bits per heavy atom. The Morgan fingerprint density at radius 3 is 2.50 bits per heavy atom. The molecule has 0 aliphatic rings. The topological polar surface area (TPSA) is 90.1 Å². The van der Waals surface area contributed by atoms with Gasteiger partial charge in [-0.1, -0.05) is 5.16 Å². The molecule has 2 aromatic rings. The number of methoxy groups -OCH3 is 1. The van der Waals surface area contributed by atoms with Crippen molar-refractivity contribution < 1.29 is 23.6 Å². The van der Waals surface area contributed by atoms with Crippen LogP contribution in [0.25, 0.3) is 0 Å². The second-order valence-corrected chi connectivity index (χ2v) is 6.98. The number of aryl methyl sites for hydroxylation is 2. The number of nitrogens with one attached hydrogen (secondary N) is 1. The maximum absolute atomic E-state index is 12.0. The summed E-state index contributed by atoms with van der Waals surface area (Å²) in [5, 5.41) is 6.39. The Morgan fingerprint density at radius 1 is 1.23 bits per heavy atom. The summed E-state index contributed by atoms with van der Waals surface area (Å²) >= 11 is 6.80. The third kappa shape index (κ3) is 5.18. The monoisotopic (exact) mass is 486 g/mol. The molecule has 0 saturated heterocycles. The summed E-state index contributed by atoms with van der Waals surface area (Å²) in [7, 11) is 1.29. The number of benzene rings is 1. The van der Waals surface area contributed by atoms with Crippen LogP contribution in [0.15, 0.2) is 36.7 Å². The number of carbonyl (C=O) groups excluding carboxylic acids is 2. The largest absolute Gasteiger partial charge is 0.465 e. The van der Waals surface area contributed by atoms with Crippen LogP contribution in [0.5, 0.6) is 0 Å². The first-order valence-corrected chi connectivity index (χ1v) is 9.00. The van der Waals surface area contributed by atoms with E-state index in [4.69, 9.17) is 9.25 Å². The summed E-state index contributed by atoms with van der Waals surface area (Å²) in [6.07, 6.45) is 1.27. The summed E-state index contributed by atoms with van der Waals surface area (Å²) in [6, 6.07) is 5.25. The fourth-order valence-corrected chi connectivity index (χ4v) is 3.67. The highest BCUT2D eigenvalue weighted by Gasteiger charge is 2.14. The highest BCUT2D eigenvalue weighted by atomic mass is 79.9. The van der Waals surface area contributed by atoms with Crippen molar-refractivity contribution in [3.8, 4) is 0 Å². The van der Waals surface area contributed by atoms with Gasteiger partial charge in [-0.15, -0.1) is 0 Å². The fourth-order valence-electron chi connectivity index (χ4n) is 2.06. The van der Waals surface area contributed by atoms with Gasteiger partial charge in [-0.3, -0.25) is 4.79 Å². The molecule has 1 amide bonds. The summed E-state index contributed by atoms with van der Waals surface area (Å²) in [5.74, 6) is -0.156. The summed E-state index contributed by atoms with van der Waals surface area (Å²) < 4.78 is 11.5. The van der Waals surface area contributed by atoms with Gasteiger partial charge in [0.2, 0.25) is 0 Å². The summed E-state index contributed by atoms with van der Waals surface area (Å²) in [4.78, 5) is 28.4. The fraction of sp³-hybridized carbons (Fsp3) is 0.235. The van der Waals surface area contributed by atoms with Crippen LogP contribution in [0.3, 0.4) is 0 Å². The molecule has 0 aliphatic carbocycles. The van der Waals surface area contributed by atoms with Gasteiger partial charge in [0.05, 0.1) is 12.8 Å². The first-order valence-electron chi connectivity index (χ1n) is 7.41. The lowest BCUT2D eigenvalue weighted by Crippen LogP contribution is -2.17. The number of anilines is 1. The van der Waals surface area contributed by atoms with E-state index in [2.05, 4.69) is 47.1 Å². The zero-order valence-corrected chi connectivity index (χ0v) is 17.4. The van der Waals surface area contributed by atoms with E-state index in [1.54, 1.807) is 6.92 Å². The van der Waals surface area contributed by atoms with Crippen molar-refractivity contribution in [2.45, 2.75) is 13.8 Å². The number of ether oxygens (including phenoxy) is 1. The van der Waals surface area contributed by atoms with E-state index in [1.807, 2.05) is 19.1 Å². The van der Waals surface area contributed by atoms with Gasteiger partial charge in [-0.2, -0.15) is 0 Å². The zero-order chi connectivity index (χ0) is 19.3. The number of halogens is 2. The van der Waals surface area contributed by atoms with Crippen LogP contribution in [-0.2, 0) is 14.4 Å². The van der Waals surface area contributed by atoms with Crippen LogP contribution in [0, 0.1) is 13.8 Å². The van der Waals surface area contributed by atoms with Crippen LogP contribution in [0.1, 0.15) is 27.4 Å². The molecule has 0 bridgehead atoms. The molecule has 0 radical (unpaired) electrons. The van der Waals surface area contributed by atoms with E-state index in [1.165, 1.54) is 19.4 Å². The SMILES string of the molecule is COC(=O)c1cc(C=NOCC(=O)Nc2c(Br)cc(C)cc2Br)oc1C. The minimum Gasteiger partial charge on any atom is -0.465 e. The van der Waals surface area contributed by atoms with Gasteiger partial charge in [0.25, 0.3) is 5.91 Å². The predicted molar refractivity (Wildman–Crippen MR) is 104 cm³/mol. The van der Waals surface area contributed by atoms with Crippen molar-refractivity contribution in [3.05, 3.63) is 49.8 Å². The minimum atomic E-state index is -0.500. The molecule has 1 heterocycles. The Labute approximate surface area is 167 Å². The van der Waals surface area contributed by atoms with Crippen LogP contribution in [0.4, 0.5) is 5.69 Å². The lowest BCUT2D eigenvalue weighted by molar-refractivity contribution is -0.120. The third-order valence-corrected chi connectivity index (χ3v) is 4.49. The van der Waals surface area contributed by atoms with E-state index in [0.717, 1.165) is 14.5 Å². The average molecular weight is 488 g/mol. The molecule has 0 fully saturated rings. The lowest BCUT2D eigenvalue weighted by Gasteiger charge is -2.10. The van der Waals surface area contributed by atoms with Gasteiger partial charge in [0, 0.05) is 15.0 Å². The second-order valence-electron chi connectivity index (χ2n) is 5.27. The number of nitrogens with zero attached hydrogens (tertiary/aromatic N) is 1. The summed E-state index contributed by atoms with van der Waals surface area (Å²) in [5.41, 5.74) is 1.96. The Kier molecular flexibility index (Phi) is 6.98. The molecular formula is C17H16Br2N2O5. The number of esters is 1. The zero-order valence-electron chi connectivity index (χ0n) is 14.3. The van der Waals surface area contributed by atoms with Crippen molar-refractivity contribution >= 4 is 55.6 Å². The molecule has 1 aromatic heterocycles. The Bertz CT molecular complexity index is 838. The van der Waals surface area contributed by atoms with Gasteiger partial charge < -0.3 is 19.3 Å². The van der Waals surface area contributed by atoms with Crippen LogP contribution in [-0.4, -0.2) is 31.8 Å². The molecule has 9 heteroatoms. The maximum atomic E-state index is 12.0. The molecule has 0 atom stereocenters. The number of hydrogen-bond acceptors (Lipinski definition) is 6. The number of oxime groups is 1. The lowest BCUT2D eigenvalue weighted by atomic mass is 10.2. The third-order valence-electron chi connectivity index (χ3n) is 3.24. The van der Waals surface area contributed by atoms with E-state index < -0.39 is 5.97 Å². The first kappa shape index (κ1) is 20.2. The molecule has 1 N–H and O–H groups in total. The van der Waals surface area contributed by atoms with Gasteiger partial charge in [-0.25, -0.2) is 4.79 Å². The van der Waals surface area contributed by atoms with Crippen molar-refractivity contribution in [1.82, 2.24) is 0 Å². The summed E-state index contributed by atoms with van der Waals surface area (Å²) in [6.45, 7) is 3.29. The van der Waals surface area contributed by atoms with Gasteiger partial charge in [-0.05, 0) is 63.4 Å². The smallest absolute Gasteiger partial charge is 0.341 e. The van der Waals surface area contributed by atoms with Gasteiger partial charge >= 0.3 is 5.97 Å². The number of hydrogen-bond donors (Lipinski definition) is 1. The Hall–Kier alpha value is -2.13. The normalized spacial score (nSPS) is 10.8. The molecule has 0 aliphatic heterocycles.